The summed E-state index contributed by atoms with van der Waals surface area (Å²) in [6.07, 6.45) is 8.50. The van der Waals surface area contributed by atoms with Crippen molar-refractivity contribution < 1.29 is 14.3 Å². The van der Waals surface area contributed by atoms with Gasteiger partial charge in [0, 0.05) is 12.0 Å². The van der Waals surface area contributed by atoms with Gasteiger partial charge in [0.2, 0.25) is 0 Å². The van der Waals surface area contributed by atoms with Gasteiger partial charge in [-0.15, -0.1) is 0 Å². The van der Waals surface area contributed by atoms with Gasteiger partial charge in [-0.05, 0) is 67.4 Å². The Kier molecular flexibility index (Phi) is 4.02. The van der Waals surface area contributed by atoms with Crippen LogP contribution in [0.3, 0.4) is 0 Å². The van der Waals surface area contributed by atoms with E-state index in [-0.39, 0.29) is 22.6 Å². The molecule has 1 aliphatic heterocycles. The quantitative estimate of drug-likeness (QED) is 0.732. The predicted molar refractivity (Wildman–Crippen MR) is 89.8 cm³/mol. The van der Waals surface area contributed by atoms with Gasteiger partial charge >= 0.3 is 5.97 Å². The van der Waals surface area contributed by atoms with Gasteiger partial charge in [0.1, 0.15) is 6.61 Å². The number of carbonyl (C=O) groups is 2. The topological polar surface area (TPSA) is 43.4 Å². The zero-order valence-corrected chi connectivity index (χ0v) is 14.8. The molecule has 4 atom stereocenters. The Morgan fingerprint density at radius 3 is 2.70 bits per heavy atom. The lowest BCUT2D eigenvalue weighted by Gasteiger charge is -2.57. The summed E-state index contributed by atoms with van der Waals surface area (Å²) < 4.78 is 5.03. The molecule has 0 aromatic heterocycles. The molecule has 0 saturated heterocycles. The molecule has 0 N–H and O–H groups in total. The molecule has 1 saturated carbocycles. The summed E-state index contributed by atoms with van der Waals surface area (Å²) in [6.45, 7) is 9.54. The number of allylic oxidation sites excluding steroid dienone is 2. The van der Waals surface area contributed by atoms with Crippen LogP contribution in [0.5, 0.6) is 0 Å². The average molecular weight is 316 g/mol. The second-order valence-corrected chi connectivity index (χ2v) is 8.24. The van der Waals surface area contributed by atoms with Crippen LogP contribution in [0.15, 0.2) is 23.3 Å². The maximum absolute atomic E-state index is 12.2. The first-order chi connectivity index (χ1) is 10.8. The molecule has 4 unspecified atom stereocenters. The number of cyclic esters (lactones) is 1. The molecule has 0 aromatic rings. The van der Waals surface area contributed by atoms with Crippen molar-refractivity contribution in [2.45, 2.75) is 59.8 Å². The van der Waals surface area contributed by atoms with Crippen molar-refractivity contribution >= 4 is 11.8 Å². The van der Waals surface area contributed by atoms with E-state index in [9.17, 15) is 9.59 Å². The van der Waals surface area contributed by atoms with Gasteiger partial charge in [-0.25, -0.2) is 4.79 Å². The lowest BCUT2D eigenvalue weighted by atomic mass is 9.47. The first kappa shape index (κ1) is 16.5. The smallest absolute Gasteiger partial charge is 0.334 e. The summed E-state index contributed by atoms with van der Waals surface area (Å²) in [5, 5.41) is 0. The third kappa shape index (κ3) is 2.58. The summed E-state index contributed by atoms with van der Waals surface area (Å²) in [5.74, 6) is 1.05. The number of rotatable bonds is 3. The van der Waals surface area contributed by atoms with Gasteiger partial charge in [0.05, 0.1) is 0 Å². The molecule has 3 rings (SSSR count). The largest absolute Gasteiger partial charge is 0.458 e. The van der Waals surface area contributed by atoms with Crippen LogP contribution in [0.1, 0.15) is 59.8 Å². The minimum Gasteiger partial charge on any atom is -0.458 e. The van der Waals surface area contributed by atoms with E-state index in [1.165, 1.54) is 12.0 Å². The molecular formula is C20H28O3. The Bertz CT molecular complexity index is 600. The van der Waals surface area contributed by atoms with E-state index in [0.29, 0.717) is 24.9 Å². The third-order valence-corrected chi connectivity index (χ3v) is 7.21. The number of ether oxygens (including phenoxy) is 1. The molecule has 3 heteroatoms. The van der Waals surface area contributed by atoms with Gasteiger partial charge in [-0.2, -0.15) is 0 Å². The number of fused-ring (bicyclic) bond motifs is 1. The summed E-state index contributed by atoms with van der Waals surface area (Å²) in [7, 11) is 0. The highest BCUT2D eigenvalue weighted by atomic mass is 16.5. The van der Waals surface area contributed by atoms with Crippen LogP contribution in [-0.4, -0.2) is 18.4 Å². The van der Waals surface area contributed by atoms with Gasteiger partial charge in [-0.3, -0.25) is 4.79 Å². The molecule has 126 valence electrons. The van der Waals surface area contributed by atoms with Crippen LogP contribution in [0.25, 0.3) is 0 Å². The number of hydrogen-bond acceptors (Lipinski definition) is 3. The van der Waals surface area contributed by atoms with Crippen molar-refractivity contribution in [3.05, 3.63) is 23.3 Å². The Morgan fingerprint density at radius 2 is 2.04 bits per heavy atom. The van der Waals surface area contributed by atoms with Gasteiger partial charge in [0.15, 0.2) is 5.78 Å². The minimum absolute atomic E-state index is 0.0852. The van der Waals surface area contributed by atoms with Crippen LogP contribution in [0.2, 0.25) is 0 Å². The van der Waals surface area contributed by atoms with E-state index in [1.807, 2.05) is 12.2 Å². The second kappa shape index (κ2) is 5.61. The number of hydrogen-bond donors (Lipinski definition) is 0. The summed E-state index contributed by atoms with van der Waals surface area (Å²) in [6, 6.07) is 0. The lowest BCUT2D eigenvalue weighted by molar-refractivity contribution is -0.136. The number of ketones is 1. The highest BCUT2D eigenvalue weighted by Gasteiger charge is 2.54. The van der Waals surface area contributed by atoms with E-state index in [0.717, 1.165) is 24.8 Å². The second-order valence-electron chi connectivity index (χ2n) is 8.24. The van der Waals surface area contributed by atoms with Crippen molar-refractivity contribution in [1.29, 1.82) is 0 Å². The Hall–Kier alpha value is -1.38. The Morgan fingerprint density at radius 1 is 1.30 bits per heavy atom. The van der Waals surface area contributed by atoms with E-state index >= 15 is 0 Å². The fourth-order valence-corrected chi connectivity index (χ4v) is 5.11. The van der Waals surface area contributed by atoms with Crippen LogP contribution < -0.4 is 0 Å². The summed E-state index contributed by atoms with van der Waals surface area (Å²) in [4.78, 5) is 23.9. The Labute approximate surface area is 139 Å². The lowest BCUT2D eigenvalue weighted by Crippen LogP contribution is -2.51. The van der Waals surface area contributed by atoms with Crippen molar-refractivity contribution in [3.8, 4) is 0 Å². The molecule has 0 radical (unpaired) electrons. The van der Waals surface area contributed by atoms with Crippen molar-refractivity contribution in [3.63, 3.8) is 0 Å². The summed E-state index contributed by atoms with van der Waals surface area (Å²) in [5.41, 5.74) is 2.28. The monoisotopic (exact) mass is 316 g/mol. The van der Waals surface area contributed by atoms with Gasteiger partial charge in [0.25, 0.3) is 0 Å². The standard InChI is InChI=1S/C20H28O3/c1-13-5-8-20(4)14(2)11-16(21)12-17(20)19(13,3)9-6-15-7-10-23-18(15)22/h7,11,13,17H,5-6,8-10,12H2,1-4H3. The fourth-order valence-electron chi connectivity index (χ4n) is 5.11. The molecule has 1 heterocycles. The van der Waals surface area contributed by atoms with Crippen LogP contribution in [0, 0.1) is 22.7 Å². The Balaban J connectivity index is 1.87. The first-order valence-corrected chi connectivity index (χ1v) is 8.85. The molecule has 0 amide bonds. The highest BCUT2D eigenvalue weighted by Crippen LogP contribution is 2.61. The van der Waals surface area contributed by atoms with Crippen LogP contribution in [-0.2, 0) is 14.3 Å². The van der Waals surface area contributed by atoms with E-state index in [1.54, 1.807) is 0 Å². The van der Waals surface area contributed by atoms with Gasteiger partial charge in [-0.1, -0.05) is 26.3 Å². The highest BCUT2D eigenvalue weighted by molar-refractivity contribution is 5.92. The molecule has 3 nitrogen and oxygen atoms in total. The zero-order chi connectivity index (χ0) is 16.8. The predicted octanol–water partition coefficient (Wildman–Crippen LogP) is 4.23. The molecular weight excluding hydrogens is 288 g/mol. The van der Waals surface area contributed by atoms with E-state index in [4.69, 9.17) is 4.74 Å². The van der Waals surface area contributed by atoms with Crippen LogP contribution in [0.4, 0.5) is 0 Å². The van der Waals surface area contributed by atoms with Crippen molar-refractivity contribution in [2.24, 2.45) is 22.7 Å². The molecule has 0 bridgehead atoms. The molecule has 23 heavy (non-hydrogen) atoms. The first-order valence-electron chi connectivity index (χ1n) is 8.85. The van der Waals surface area contributed by atoms with Crippen molar-refractivity contribution in [1.82, 2.24) is 0 Å². The average Bonchev–Trinajstić information content (AvgIpc) is 2.90. The molecule has 2 aliphatic carbocycles. The SMILES string of the molecule is CC1=CC(=O)CC2C1(C)CCC(C)C2(C)CCC1=CCOC1=O. The van der Waals surface area contributed by atoms with E-state index in [2.05, 4.69) is 27.7 Å². The minimum atomic E-state index is -0.157. The normalized spacial score (nSPS) is 40.3. The molecule has 0 aromatic carbocycles. The van der Waals surface area contributed by atoms with Crippen molar-refractivity contribution in [2.75, 3.05) is 6.61 Å². The molecule has 0 spiro atoms. The number of esters is 1. The van der Waals surface area contributed by atoms with E-state index < -0.39 is 0 Å². The third-order valence-electron chi connectivity index (χ3n) is 7.21. The zero-order valence-electron chi connectivity index (χ0n) is 14.8. The fraction of sp³-hybridized carbons (Fsp3) is 0.700. The maximum Gasteiger partial charge on any atom is 0.334 e. The number of carbonyl (C=O) groups excluding carboxylic acids is 2. The van der Waals surface area contributed by atoms with Gasteiger partial charge < -0.3 is 4.74 Å². The van der Waals surface area contributed by atoms with Crippen LogP contribution >= 0.6 is 0 Å². The summed E-state index contributed by atoms with van der Waals surface area (Å²) >= 11 is 0. The molecule has 1 fully saturated rings. The molecule has 3 aliphatic rings. The maximum atomic E-state index is 12.2.